The number of hydrogen-bond acceptors (Lipinski definition) is 7. The van der Waals surface area contributed by atoms with Crippen molar-refractivity contribution >= 4 is 17.0 Å². The van der Waals surface area contributed by atoms with Crippen molar-refractivity contribution in [3.63, 3.8) is 0 Å². The Hall–Kier alpha value is -3.62. The van der Waals surface area contributed by atoms with Gasteiger partial charge in [-0.25, -0.2) is 14.6 Å². The fourth-order valence-electron chi connectivity index (χ4n) is 3.45. The molecule has 9 heteroatoms. The minimum Gasteiger partial charge on any atom is -0.497 e. The summed E-state index contributed by atoms with van der Waals surface area (Å²) < 4.78 is 18.2. The first-order valence-electron chi connectivity index (χ1n) is 8.41. The lowest BCUT2D eigenvalue weighted by Gasteiger charge is -2.16. The van der Waals surface area contributed by atoms with Gasteiger partial charge in [0.25, 0.3) is 5.56 Å². The second-order valence-electron chi connectivity index (χ2n) is 6.36. The van der Waals surface area contributed by atoms with E-state index in [0.29, 0.717) is 28.3 Å². The van der Waals surface area contributed by atoms with Gasteiger partial charge >= 0.3 is 11.7 Å². The SMILES string of the molecule is COc1ccc(OC)c(-c2c3c(nc4c2c(=O)n(C)c(=O)n4C)COC3=O)c1. The number of hydrogen-bond donors (Lipinski definition) is 0. The number of carbonyl (C=O) groups is 1. The zero-order valence-corrected chi connectivity index (χ0v) is 15.7. The van der Waals surface area contributed by atoms with E-state index in [9.17, 15) is 14.4 Å². The van der Waals surface area contributed by atoms with Crippen molar-refractivity contribution in [3.8, 4) is 22.6 Å². The van der Waals surface area contributed by atoms with Gasteiger partial charge in [0, 0.05) is 25.2 Å². The first kappa shape index (κ1) is 17.8. The zero-order chi connectivity index (χ0) is 20.2. The standard InChI is InChI=1S/C19H17N3O6/c1-21-16-15(17(23)22(2)19(21)25)13(14-11(20-16)8-28-18(14)24)10-7-9(26-3)5-6-12(10)27-4/h5-7H,8H2,1-4H3. The van der Waals surface area contributed by atoms with Crippen LogP contribution < -0.4 is 20.7 Å². The molecule has 0 amide bonds. The third-order valence-corrected chi connectivity index (χ3v) is 4.88. The maximum atomic E-state index is 13.0. The molecule has 0 saturated heterocycles. The van der Waals surface area contributed by atoms with Crippen molar-refractivity contribution in [3.05, 3.63) is 50.3 Å². The molecular weight excluding hydrogens is 366 g/mol. The highest BCUT2D eigenvalue weighted by molar-refractivity contribution is 6.09. The number of rotatable bonds is 3. The van der Waals surface area contributed by atoms with Crippen molar-refractivity contribution in [2.75, 3.05) is 14.2 Å². The van der Waals surface area contributed by atoms with Gasteiger partial charge in [-0.15, -0.1) is 0 Å². The maximum absolute atomic E-state index is 13.0. The Bertz CT molecular complexity index is 1270. The lowest BCUT2D eigenvalue weighted by molar-refractivity contribution is 0.0534. The van der Waals surface area contributed by atoms with Gasteiger partial charge in [0.2, 0.25) is 0 Å². The Kier molecular flexibility index (Phi) is 3.95. The minimum atomic E-state index is -0.583. The Morgan fingerprint density at radius 2 is 1.79 bits per heavy atom. The number of ether oxygens (including phenoxy) is 3. The van der Waals surface area contributed by atoms with Crippen molar-refractivity contribution in [2.45, 2.75) is 6.61 Å². The summed E-state index contributed by atoms with van der Waals surface area (Å²) in [6, 6.07) is 5.06. The third kappa shape index (κ3) is 2.32. The van der Waals surface area contributed by atoms with Crippen LogP contribution in [0.25, 0.3) is 22.2 Å². The Morgan fingerprint density at radius 3 is 2.46 bits per heavy atom. The molecule has 1 aliphatic heterocycles. The molecule has 3 aromatic rings. The largest absolute Gasteiger partial charge is 0.497 e. The minimum absolute atomic E-state index is 0.0349. The first-order chi connectivity index (χ1) is 13.4. The zero-order valence-electron chi connectivity index (χ0n) is 15.7. The molecule has 0 N–H and O–H groups in total. The molecule has 0 bridgehead atoms. The molecule has 0 atom stereocenters. The lowest BCUT2D eigenvalue weighted by Crippen LogP contribution is -2.37. The first-order valence-corrected chi connectivity index (χ1v) is 8.41. The molecule has 0 saturated carbocycles. The topological polar surface area (TPSA) is 102 Å². The molecule has 144 valence electrons. The van der Waals surface area contributed by atoms with Gasteiger partial charge < -0.3 is 14.2 Å². The predicted molar refractivity (Wildman–Crippen MR) is 99.9 cm³/mol. The molecule has 9 nitrogen and oxygen atoms in total. The van der Waals surface area contributed by atoms with E-state index in [0.717, 1.165) is 4.57 Å². The van der Waals surface area contributed by atoms with Crippen LogP contribution in [-0.4, -0.2) is 34.3 Å². The van der Waals surface area contributed by atoms with E-state index < -0.39 is 17.2 Å². The molecule has 1 aromatic carbocycles. The third-order valence-electron chi connectivity index (χ3n) is 4.88. The van der Waals surface area contributed by atoms with Gasteiger partial charge in [-0.2, -0.15) is 0 Å². The summed E-state index contributed by atoms with van der Waals surface area (Å²) in [6.45, 7) is -0.0349. The number of carbonyl (C=O) groups excluding carboxylic acids is 1. The molecule has 0 spiro atoms. The summed E-state index contributed by atoms with van der Waals surface area (Å²) in [5.74, 6) is 0.369. The lowest BCUT2D eigenvalue weighted by atomic mass is 9.95. The second kappa shape index (κ2) is 6.22. The van der Waals surface area contributed by atoms with Crippen molar-refractivity contribution < 1.29 is 19.0 Å². The summed E-state index contributed by atoms with van der Waals surface area (Å²) in [7, 11) is 5.90. The maximum Gasteiger partial charge on any atom is 0.341 e. The normalized spacial score (nSPS) is 12.8. The van der Waals surface area contributed by atoms with E-state index in [1.807, 2.05) is 0 Å². The monoisotopic (exact) mass is 383 g/mol. The number of aryl methyl sites for hydroxylation is 1. The van der Waals surface area contributed by atoms with Crippen molar-refractivity contribution in [2.24, 2.45) is 14.1 Å². The molecule has 0 radical (unpaired) electrons. The molecule has 1 aliphatic rings. The van der Waals surface area contributed by atoms with Crippen LogP contribution in [0.4, 0.5) is 0 Å². The fourth-order valence-corrected chi connectivity index (χ4v) is 3.45. The smallest absolute Gasteiger partial charge is 0.341 e. The molecule has 0 aliphatic carbocycles. The van der Waals surface area contributed by atoms with Crippen LogP contribution in [0.5, 0.6) is 11.5 Å². The van der Waals surface area contributed by atoms with Crippen molar-refractivity contribution in [1.82, 2.24) is 14.1 Å². The quantitative estimate of drug-likeness (QED) is 0.622. The summed E-state index contributed by atoms with van der Waals surface area (Å²) in [4.78, 5) is 42.3. The van der Waals surface area contributed by atoms with Crippen LogP contribution in [0.15, 0.2) is 27.8 Å². The van der Waals surface area contributed by atoms with Crippen LogP contribution in [0.2, 0.25) is 0 Å². The van der Waals surface area contributed by atoms with Crippen LogP contribution in [0.1, 0.15) is 16.1 Å². The Labute approximate surface area is 158 Å². The highest BCUT2D eigenvalue weighted by Gasteiger charge is 2.32. The summed E-state index contributed by atoms with van der Waals surface area (Å²) in [5.41, 5.74) is 0.432. The number of aromatic nitrogens is 3. The number of fused-ring (bicyclic) bond motifs is 2. The average Bonchev–Trinajstić information content (AvgIpc) is 3.09. The summed E-state index contributed by atoms with van der Waals surface area (Å²) in [6.07, 6.45) is 0. The molecular formula is C19H17N3O6. The van der Waals surface area contributed by atoms with E-state index in [4.69, 9.17) is 14.2 Å². The number of benzene rings is 1. The fraction of sp³-hybridized carbons (Fsp3) is 0.263. The summed E-state index contributed by atoms with van der Waals surface area (Å²) in [5, 5.41) is 0.133. The average molecular weight is 383 g/mol. The highest BCUT2D eigenvalue weighted by Crippen LogP contribution is 2.40. The van der Waals surface area contributed by atoms with E-state index in [1.165, 1.54) is 32.9 Å². The Morgan fingerprint density at radius 1 is 1.04 bits per heavy atom. The van der Waals surface area contributed by atoms with E-state index in [1.54, 1.807) is 18.2 Å². The molecule has 3 heterocycles. The molecule has 0 fully saturated rings. The van der Waals surface area contributed by atoms with Crippen LogP contribution in [-0.2, 0) is 25.4 Å². The molecule has 4 rings (SSSR count). The molecule has 2 aromatic heterocycles. The van der Waals surface area contributed by atoms with Gasteiger partial charge in [-0.3, -0.25) is 13.9 Å². The van der Waals surface area contributed by atoms with Gasteiger partial charge in [0.05, 0.1) is 30.9 Å². The number of nitrogens with zero attached hydrogens (tertiary/aromatic N) is 3. The van der Waals surface area contributed by atoms with Crippen LogP contribution in [0, 0.1) is 0 Å². The van der Waals surface area contributed by atoms with Gasteiger partial charge in [0.1, 0.15) is 23.8 Å². The van der Waals surface area contributed by atoms with Gasteiger partial charge in [-0.1, -0.05) is 0 Å². The van der Waals surface area contributed by atoms with Gasteiger partial charge in [0.15, 0.2) is 0 Å². The summed E-state index contributed by atoms with van der Waals surface area (Å²) >= 11 is 0. The predicted octanol–water partition coefficient (Wildman–Crippen LogP) is 0.987. The van der Waals surface area contributed by atoms with Crippen LogP contribution in [0.3, 0.4) is 0 Å². The van der Waals surface area contributed by atoms with E-state index in [-0.39, 0.29) is 23.2 Å². The number of esters is 1. The second-order valence-corrected chi connectivity index (χ2v) is 6.36. The Balaban J connectivity index is 2.30. The van der Waals surface area contributed by atoms with E-state index >= 15 is 0 Å². The molecule has 0 unspecified atom stereocenters. The molecule has 28 heavy (non-hydrogen) atoms. The van der Waals surface area contributed by atoms with E-state index in [2.05, 4.69) is 4.98 Å². The number of methoxy groups -OCH3 is 2. The highest BCUT2D eigenvalue weighted by atomic mass is 16.5. The van der Waals surface area contributed by atoms with Crippen molar-refractivity contribution in [1.29, 1.82) is 0 Å². The number of pyridine rings is 1. The van der Waals surface area contributed by atoms with Crippen LogP contribution >= 0.6 is 0 Å². The number of cyclic esters (lactones) is 1. The van der Waals surface area contributed by atoms with Gasteiger partial charge in [-0.05, 0) is 18.2 Å².